The second-order valence-corrected chi connectivity index (χ2v) is 7.47. The first-order valence-electron chi connectivity index (χ1n) is 6.49. The number of halogens is 3. The van der Waals surface area contributed by atoms with Gasteiger partial charge in [-0.2, -0.15) is 13.2 Å². The SMILES string of the molecule is CC(C)(C)[S+]([O-])N[C@H](CCOCCO)CCC(F)(F)F. The third-order valence-corrected chi connectivity index (χ3v) is 4.11. The van der Waals surface area contributed by atoms with Gasteiger partial charge in [0.15, 0.2) is 0 Å². The van der Waals surface area contributed by atoms with Gasteiger partial charge in [0, 0.05) is 24.4 Å². The van der Waals surface area contributed by atoms with Crippen molar-refractivity contribution >= 4 is 11.4 Å². The third-order valence-electron chi connectivity index (χ3n) is 2.45. The van der Waals surface area contributed by atoms with Gasteiger partial charge in [-0.25, -0.2) is 0 Å². The minimum atomic E-state index is -4.23. The Balaban J connectivity index is 4.31. The molecule has 0 amide bonds. The van der Waals surface area contributed by atoms with E-state index in [2.05, 4.69) is 4.72 Å². The Morgan fingerprint density at radius 2 is 1.80 bits per heavy atom. The van der Waals surface area contributed by atoms with Crippen molar-refractivity contribution in [3.8, 4) is 0 Å². The van der Waals surface area contributed by atoms with E-state index in [0.29, 0.717) is 6.42 Å². The number of hydrogen-bond acceptors (Lipinski definition) is 4. The molecule has 0 aromatic carbocycles. The first kappa shape index (κ1) is 20.0. The molecule has 0 fully saturated rings. The Morgan fingerprint density at radius 1 is 1.20 bits per heavy atom. The molecular weight excluding hydrogens is 295 g/mol. The van der Waals surface area contributed by atoms with Crippen molar-refractivity contribution in [1.29, 1.82) is 0 Å². The molecule has 0 saturated heterocycles. The van der Waals surface area contributed by atoms with Gasteiger partial charge in [-0.15, -0.1) is 4.72 Å². The zero-order valence-electron chi connectivity index (χ0n) is 12.1. The third kappa shape index (κ3) is 10.7. The van der Waals surface area contributed by atoms with Gasteiger partial charge in [0.1, 0.15) is 4.75 Å². The fourth-order valence-corrected chi connectivity index (χ4v) is 2.21. The zero-order valence-corrected chi connectivity index (χ0v) is 12.9. The lowest BCUT2D eigenvalue weighted by Gasteiger charge is -2.28. The zero-order chi connectivity index (χ0) is 15.8. The Labute approximate surface area is 121 Å². The van der Waals surface area contributed by atoms with E-state index in [1.807, 2.05) is 0 Å². The largest absolute Gasteiger partial charge is 0.598 e. The van der Waals surface area contributed by atoms with Crippen LogP contribution < -0.4 is 4.72 Å². The quantitative estimate of drug-likeness (QED) is 0.505. The summed E-state index contributed by atoms with van der Waals surface area (Å²) in [5.41, 5.74) is 0. The molecule has 0 aliphatic rings. The monoisotopic (exact) mass is 319 g/mol. The van der Waals surface area contributed by atoms with Gasteiger partial charge in [-0.1, -0.05) is 0 Å². The standard InChI is InChI=1S/C12H24F3NO3S/c1-11(2,3)20(18)16-10(4-6-12(13,14)15)5-8-19-9-7-17/h10,16-17H,4-9H2,1-3H3/t10-,20?/m0/s1. The lowest BCUT2D eigenvalue weighted by Crippen LogP contribution is -2.45. The van der Waals surface area contributed by atoms with Crippen LogP contribution in [0.15, 0.2) is 0 Å². The molecule has 1 unspecified atom stereocenters. The summed E-state index contributed by atoms with van der Waals surface area (Å²) >= 11 is -1.43. The summed E-state index contributed by atoms with van der Waals surface area (Å²) in [6.07, 6.45) is -4.98. The molecule has 2 N–H and O–H groups in total. The fourth-order valence-electron chi connectivity index (χ4n) is 1.32. The summed E-state index contributed by atoms with van der Waals surface area (Å²) in [4.78, 5) is 0. The van der Waals surface area contributed by atoms with E-state index in [0.717, 1.165) is 0 Å². The van der Waals surface area contributed by atoms with Gasteiger partial charge in [0.2, 0.25) is 0 Å². The highest BCUT2D eigenvalue weighted by Gasteiger charge is 2.32. The average Bonchev–Trinajstić information content (AvgIpc) is 2.28. The number of aliphatic hydroxyl groups is 1. The van der Waals surface area contributed by atoms with Crippen LogP contribution in [0.4, 0.5) is 13.2 Å². The molecule has 4 nitrogen and oxygen atoms in total. The maximum atomic E-state index is 12.3. The first-order valence-corrected chi connectivity index (χ1v) is 7.64. The lowest BCUT2D eigenvalue weighted by atomic mass is 10.1. The second kappa shape index (κ2) is 9.09. The van der Waals surface area contributed by atoms with Crippen molar-refractivity contribution in [3.63, 3.8) is 0 Å². The number of nitrogens with one attached hydrogen (secondary N) is 1. The van der Waals surface area contributed by atoms with E-state index in [1.165, 1.54) is 0 Å². The molecular formula is C12H24F3NO3S. The van der Waals surface area contributed by atoms with Crippen molar-refractivity contribution < 1.29 is 27.6 Å². The molecule has 2 atom stereocenters. The molecule has 20 heavy (non-hydrogen) atoms. The van der Waals surface area contributed by atoms with Crippen LogP contribution in [0, 0.1) is 0 Å². The molecule has 0 rings (SSSR count). The summed E-state index contributed by atoms with van der Waals surface area (Å²) in [5.74, 6) is 0. The van der Waals surface area contributed by atoms with Crippen LogP contribution in [0.2, 0.25) is 0 Å². The minimum Gasteiger partial charge on any atom is -0.598 e. The smallest absolute Gasteiger partial charge is 0.389 e. The normalized spacial score (nSPS) is 16.2. The average molecular weight is 319 g/mol. The maximum absolute atomic E-state index is 12.3. The van der Waals surface area contributed by atoms with Crippen LogP contribution in [0.25, 0.3) is 0 Å². The van der Waals surface area contributed by atoms with Crippen LogP contribution in [0.5, 0.6) is 0 Å². The van der Waals surface area contributed by atoms with E-state index in [4.69, 9.17) is 9.84 Å². The molecule has 0 bridgehead atoms. The van der Waals surface area contributed by atoms with E-state index >= 15 is 0 Å². The minimum absolute atomic E-state index is 0.130. The number of hydrogen-bond donors (Lipinski definition) is 2. The number of ether oxygens (including phenoxy) is 1. The predicted molar refractivity (Wildman–Crippen MR) is 72.6 cm³/mol. The van der Waals surface area contributed by atoms with Crippen LogP contribution in [0.1, 0.15) is 40.0 Å². The van der Waals surface area contributed by atoms with Crippen LogP contribution in [0.3, 0.4) is 0 Å². The van der Waals surface area contributed by atoms with Crippen molar-refractivity contribution in [3.05, 3.63) is 0 Å². The summed E-state index contributed by atoms with van der Waals surface area (Å²) in [6.45, 7) is 5.48. The number of alkyl halides is 3. The van der Waals surface area contributed by atoms with Gasteiger partial charge in [-0.05, 0) is 33.6 Å². The van der Waals surface area contributed by atoms with E-state index in [-0.39, 0.29) is 26.2 Å². The van der Waals surface area contributed by atoms with Gasteiger partial charge < -0.3 is 14.4 Å². The summed E-state index contributed by atoms with van der Waals surface area (Å²) in [6, 6.07) is -0.532. The van der Waals surface area contributed by atoms with E-state index in [9.17, 15) is 17.7 Å². The van der Waals surface area contributed by atoms with E-state index < -0.39 is 34.7 Å². The molecule has 8 heteroatoms. The molecule has 0 aliphatic carbocycles. The first-order chi connectivity index (χ1) is 9.06. The highest BCUT2D eigenvalue weighted by molar-refractivity contribution is 7.90. The predicted octanol–water partition coefficient (Wildman–Crippen LogP) is 2.15. The molecule has 122 valence electrons. The molecule has 0 saturated carbocycles. The van der Waals surface area contributed by atoms with E-state index in [1.54, 1.807) is 20.8 Å². The van der Waals surface area contributed by atoms with Gasteiger partial charge in [0.05, 0.1) is 19.3 Å². The van der Waals surface area contributed by atoms with Crippen LogP contribution in [-0.2, 0) is 16.1 Å². The van der Waals surface area contributed by atoms with Crippen molar-refractivity contribution in [2.75, 3.05) is 19.8 Å². The summed E-state index contributed by atoms with van der Waals surface area (Å²) in [5, 5.41) is 8.56. The number of rotatable bonds is 9. The Hall–Kier alpha value is -0.0200. The van der Waals surface area contributed by atoms with Crippen LogP contribution in [-0.4, -0.2) is 46.4 Å². The Kier molecular flexibility index (Phi) is 9.08. The van der Waals surface area contributed by atoms with Crippen molar-refractivity contribution in [1.82, 2.24) is 4.72 Å². The molecule has 0 aromatic heterocycles. The topological polar surface area (TPSA) is 64.5 Å². The summed E-state index contributed by atoms with van der Waals surface area (Å²) in [7, 11) is 0. The summed E-state index contributed by atoms with van der Waals surface area (Å²) < 4.78 is 56.0. The second-order valence-electron chi connectivity index (χ2n) is 5.47. The molecule has 0 aromatic rings. The van der Waals surface area contributed by atoms with Crippen LogP contribution >= 0.6 is 0 Å². The Bertz CT molecular complexity index is 259. The lowest BCUT2D eigenvalue weighted by molar-refractivity contribution is -0.136. The van der Waals surface area contributed by atoms with Gasteiger partial charge in [0.25, 0.3) is 0 Å². The highest BCUT2D eigenvalue weighted by Crippen LogP contribution is 2.24. The van der Waals surface area contributed by atoms with Crippen molar-refractivity contribution in [2.24, 2.45) is 0 Å². The molecule has 0 radical (unpaired) electrons. The van der Waals surface area contributed by atoms with Crippen molar-refractivity contribution in [2.45, 2.75) is 57.0 Å². The molecule has 0 heterocycles. The molecule has 0 aliphatic heterocycles. The number of aliphatic hydroxyl groups excluding tert-OH is 1. The Morgan fingerprint density at radius 3 is 2.25 bits per heavy atom. The van der Waals surface area contributed by atoms with Gasteiger partial charge in [-0.3, -0.25) is 0 Å². The van der Waals surface area contributed by atoms with Gasteiger partial charge >= 0.3 is 6.18 Å². The fraction of sp³-hybridized carbons (Fsp3) is 1.00. The molecule has 0 spiro atoms. The highest BCUT2D eigenvalue weighted by atomic mass is 32.2. The maximum Gasteiger partial charge on any atom is 0.389 e.